The van der Waals surface area contributed by atoms with E-state index in [0.717, 1.165) is 11.4 Å². The average molecular weight is 334 g/mol. The maximum atomic E-state index is 13.6. The molecule has 4 aromatic rings. The molecule has 2 heterocycles. The number of halogens is 1. The van der Waals surface area contributed by atoms with Crippen LogP contribution in [0.3, 0.4) is 0 Å². The molecular formula is C18H15FN6. The predicted octanol–water partition coefficient (Wildman–Crippen LogP) is 3.52. The molecule has 0 aliphatic carbocycles. The largest absolute Gasteiger partial charge is 0.361 e. The number of para-hydroxylation sites is 1. The van der Waals surface area contributed by atoms with Crippen molar-refractivity contribution in [2.75, 3.05) is 5.32 Å². The third kappa shape index (κ3) is 3.03. The summed E-state index contributed by atoms with van der Waals surface area (Å²) in [4.78, 5) is 8.39. The maximum absolute atomic E-state index is 13.6. The van der Waals surface area contributed by atoms with E-state index in [4.69, 9.17) is 0 Å². The van der Waals surface area contributed by atoms with Crippen LogP contribution < -0.4 is 5.32 Å². The Morgan fingerprint density at radius 3 is 2.76 bits per heavy atom. The summed E-state index contributed by atoms with van der Waals surface area (Å²) in [6.07, 6.45) is 3.31. The fraction of sp³-hybridized carbons (Fsp3) is 0.111. The van der Waals surface area contributed by atoms with Gasteiger partial charge in [0.05, 0.1) is 23.4 Å². The molecule has 1 N–H and O–H groups in total. The number of anilines is 1. The number of nitrogens with zero attached hydrogens (tertiary/aromatic N) is 5. The van der Waals surface area contributed by atoms with Crippen molar-refractivity contribution >= 4 is 16.7 Å². The van der Waals surface area contributed by atoms with Crippen molar-refractivity contribution in [3.05, 3.63) is 72.6 Å². The molecule has 0 radical (unpaired) electrons. The van der Waals surface area contributed by atoms with Gasteiger partial charge in [-0.05, 0) is 37.3 Å². The van der Waals surface area contributed by atoms with Crippen molar-refractivity contribution in [2.45, 2.75) is 13.0 Å². The van der Waals surface area contributed by atoms with E-state index in [0.29, 0.717) is 16.7 Å². The zero-order valence-electron chi connectivity index (χ0n) is 13.5. The fourth-order valence-electron chi connectivity index (χ4n) is 2.60. The minimum atomic E-state index is -0.326. The van der Waals surface area contributed by atoms with Crippen LogP contribution in [0.25, 0.3) is 16.6 Å². The minimum absolute atomic E-state index is 0.154. The van der Waals surface area contributed by atoms with Gasteiger partial charge >= 0.3 is 0 Å². The van der Waals surface area contributed by atoms with E-state index in [1.54, 1.807) is 10.7 Å². The van der Waals surface area contributed by atoms with Gasteiger partial charge in [0.2, 0.25) is 0 Å². The third-order valence-electron chi connectivity index (χ3n) is 3.93. The van der Waals surface area contributed by atoms with Gasteiger partial charge in [0, 0.05) is 5.39 Å². The maximum Gasteiger partial charge on any atom is 0.137 e. The van der Waals surface area contributed by atoms with Crippen LogP contribution >= 0.6 is 0 Å². The molecule has 0 saturated carbocycles. The highest BCUT2D eigenvalue weighted by molar-refractivity contribution is 5.88. The SMILES string of the molecule is CC(Nc1ncnc2ccc(F)cc12)c1cn(-c2ccccc2)nn1. The van der Waals surface area contributed by atoms with Crippen LogP contribution in [0.15, 0.2) is 61.1 Å². The molecule has 2 aromatic carbocycles. The van der Waals surface area contributed by atoms with Gasteiger partial charge in [-0.3, -0.25) is 0 Å². The summed E-state index contributed by atoms with van der Waals surface area (Å²) in [7, 11) is 0. The van der Waals surface area contributed by atoms with Gasteiger partial charge in [-0.1, -0.05) is 23.4 Å². The standard InChI is InChI=1S/C18H15FN6/c1-12(17-10-25(24-23-17)14-5-3-2-4-6-14)22-18-15-9-13(19)7-8-16(15)20-11-21-18/h2-12H,1H3,(H,20,21,22). The fourth-order valence-corrected chi connectivity index (χ4v) is 2.60. The first-order chi connectivity index (χ1) is 12.2. The van der Waals surface area contributed by atoms with E-state index in [2.05, 4.69) is 25.6 Å². The van der Waals surface area contributed by atoms with Crippen LogP contribution in [-0.4, -0.2) is 25.0 Å². The van der Waals surface area contributed by atoms with Crippen molar-refractivity contribution in [3.63, 3.8) is 0 Å². The average Bonchev–Trinajstić information content (AvgIpc) is 3.13. The van der Waals surface area contributed by atoms with Gasteiger partial charge in [0.1, 0.15) is 23.7 Å². The molecule has 0 amide bonds. The van der Waals surface area contributed by atoms with Crippen molar-refractivity contribution in [3.8, 4) is 5.69 Å². The second-order valence-corrected chi connectivity index (χ2v) is 5.67. The number of hydrogen-bond acceptors (Lipinski definition) is 5. The Hall–Kier alpha value is -3.35. The summed E-state index contributed by atoms with van der Waals surface area (Å²) >= 11 is 0. The Balaban J connectivity index is 1.62. The van der Waals surface area contributed by atoms with E-state index >= 15 is 0 Å². The molecule has 0 aliphatic rings. The second-order valence-electron chi connectivity index (χ2n) is 5.67. The molecule has 4 rings (SSSR count). The molecule has 0 spiro atoms. The number of nitrogens with one attached hydrogen (secondary N) is 1. The number of benzene rings is 2. The number of fused-ring (bicyclic) bond motifs is 1. The summed E-state index contributed by atoms with van der Waals surface area (Å²) in [6, 6.07) is 14.0. The zero-order chi connectivity index (χ0) is 17.2. The lowest BCUT2D eigenvalue weighted by Crippen LogP contribution is -2.09. The lowest BCUT2D eigenvalue weighted by atomic mass is 10.2. The highest BCUT2D eigenvalue weighted by Gasteiger charge is 2.13. The summed E-state index contributed by atoms with van der Waals surface area (Å²) < 4.78 is 15.3. The molecular weight excluding hydrogens is 319 g/mol. The quantitative estimate of drug-likeness (QED) is 0.618. The smallest absolute Gasteiger partial charge is 0.137 e. The van der Waals surface area contributed by atoms with Crippen molar-refractivity contribution < 1.29 is 4.39 Å². The van der Waals surface area contributed by atoms with Crippen molar-refractivity contribution in [2.24, 2.45) is 0 Å². The summed E-state index contributed by atoms with van der Waals surface area (Å²) in [5.41, 5.74) is 2.37. The highest BCUT2D eigenvalue weighted by atomic mass is 19.1. The molecule has 0 aliphatic heterocycles. The Morgan fingerprint density at radius 2 is 1.92 bits per heavy atom. The first-order valence-electron chi connectivity index (χ1n) is 7.85. The number of rotatable bonds is 4. The molecule has 124 valence electrons. The lowest BCUT2D eigenvalue weighted by molar-refractivity contribution is 0.629. The Kier molecular flexibility index (Phi) is 3.81. The van der Waals surface area contributed by atoms with E-state index < -0.39 is 0 Å². The highest BCUT2D eigenvalue weighted by Crippen LogP contribution is 2.24. The Bertz CT molecular complexity index is 1010. The second kappa shape index (κ2) is 6.27. The monoisotopic (exact) mass is 334 g/mol. The number of aromatic nitrogens is 5. The Morgan fingerprint density at radius 1 is 1.08 bits per heavy atom. The van der Waals surface area contributed by atoms with E-state index in [-0.39, 0.29) is 11.9 Å². The first-order valence-corrected chi connectivity index (χ1v) is 7.85. The van der Waals surface area contributed by atoms with E-state index in [1.807, 2.05) is 43.5 Å². The first kappa shape index (κ1) is 15.2. The van der Waals surface area contributed by atoms with Crippen LogP contribution in [0.1, 0.15) is 18.7 Å². The lowest BCUT2D eigenvalue weighted by Gasteiger charge is -2.13. The summed E-state index contributed by atoms with van der Waals surface area (Å²) in [5.74, 6) is 0.235. The molecule has 1 atom stereocenters. The van der Waals surface area contributed by atoms with Gasteiger partial charge < -0.3 is 5.32 Å². The molecule has 0 bridgehead atoms. The topological polar surface area (TPSA) is 68.5 Å². The van der Waals surface area contributed by atoms with Crippen LogP contribution in [-0.2, 0) is 0 Å². The van der Waals surface area contributed by atoms with Gasteiger partial charge in [0.15, 0.2) is 0 Å². The zero-order valence-corrected chi connectivity index (χ0v) is 13.5. The molecule has 7 heteroatoms. The Labute approximate surface area is 143 Å². The number of hydrogen-bond donors (Lipinski definition) is 1. The van der Waals surface area contributed by atoms with E-state index in [9.17, 15) is 4.39 Å². The molecule has 2 aromatic heterocycles. The molecule has 0 fully saturated rings. The van der Waals surface area contributed by atoms with Gasteiger partial charge in [-0.2, -0.15) is 0 Å². The molecule has 25 heavy (non-hydrogen) atoms. The van der Waals surface area contributed by atoms with Crippen LogP contribution in [0.4, 0.5) is 10.2 Å². The third-order valence-corrected chi connectivity index (χ3v) is 3.93. The molecule has 6 nitrogen and oxygen atoms in total. The summed E-state index contributed by atoms with van der Waals surface area (Å²) in [5, 5.41) is 12.3. The van der Waals surface area contributed by atoms with Crippen LogP contribution in [0.2, 0.25) is 0 Å². The van der Waals surface area contributed by atoms with Gasteiger partial charge in [0.25, 0.3) is 0 Å². The van der Waals surface area contributed by atoms with Gasteiger partial charge in [-0.25, -0.2) is 19.0 Å². The van der Waals surface area contributed by atoms with Crippen LogP contribution in [0.5, 0.6) is 0 Å². The van der Waals surface area contributed by atoms with Crippen molar-refractivity contribution in [1.82, 2.24) is 25.0 Å². The van der Waals surface area contributed by atoms with Gasteiger partial charge in [-0.15, -0.1) is 5.10 Å². The summed E-state index contributed by atoms with van der Waals surface area (Å²) in [6.45, 7) is 1.95. The normalized spacial score (nSPS) is 12.2. The molecule has 0 saturated heterocycles. The minimum Gasteiger partial charge on any atom is -0.361 e. The predicted molar refractivity (Wildman–Crippen MR) is 92.9 cm³/mol. The molecule has 1 unspecified atom stereocenters. The van der Waals surface area contributed by atoms with Crippen LogP contribution in [0, 0.1) is 5.82 Å². The van der Waals surface area contributed by atoms with Crippen molar-refractivity contribution in [1.29, 1.82) is 0 Å². The van der Waals surface area contributed by atoms with E-state index in [1.165, 1.54) is 18.5 Å².